The fourth-order valence-electron chi connectivity index (χ4n) is 2.69. The standard InChI is InChI=1S/C21H27N3O4S/c1-5-13-28-19-11-9-17(10-12-19)15-24(4)16-21(25)22-18-7-6-8-20(14-18)29(26,27)23(2)3/h5-12,14H,1,13,15-16H2,2-4H3,(H,22,25)/p+1. The van der Waals surface area contributed by atoms with E-state index in [0.717, 1.165) is 20.5 Å². The first-order valence-corrected chi connectivity index (χ1v) is 10.6. The molecule has 7 nitrogen and oxygen atoms in total. The zero-order chi connectivity index (χ0) is 21.4. The van der Waals surface area contributed by atoms with Crippen LogP contribution in [-0.2, 0) is 21.4 Å². The van der Waals surface area contributed by atoms with Crippen LogP contribution >= 0.6 is 0 Å². The minimum absolute atomic E-state index is 0.139. The Morgan fingerprint density at radius 1 is 1.21 bits per heavy atom. The van der Waals surface area contributed by atoms with Crippen molar-refractivity contribution in [3.05, 3.63) is 66.7 Å². The number of sulfonamides is 1. The molecule has 0 radical (unpaired) electrons. The Kier molecular flexibility index (Phi) is 7.95. The molecule has 0 aliphatic rings. The molecule has 1 unspecified atom stereocenters. The number of amides is 1. The Labute approximate surface area is 172 Å². The summed E-state index contributed by atoms with van der Waals surface area (Å²) in [5.41, 5.74) is 1.54. The summed E-state index contributed by atoms with van der Waals surface area (Å²) in [5, 5.41) is 2.77. The number of hydrogen-bond acceptors (Lipinski definition) is 4. The number of rotatable bonds is 10. The van der Waals surface area contributed by atoms with Crippen molar-refractivity contribution in [2.24, 2.45) is 0 Å². The average Bonchev–Trinajstić information content (AvgIpc) is 2.67. The van der Waals surface area contributed by atoms with Crippen LogP contribution in [0.25, 0.3) is 0 Å². The predicted octanol–water partition coefficient (Wildman–Crippen LogP) is 1.16. The molecule has 156 valence electrons. The van der Waals surface area contributed by atoms with Crippen LogP contribution in [0.4, 0.5) is 5.69 Å². The van der Waals surface area contributed by atoms with E-state index in [-0.39, 0.29) is 17.3 Å². The SMILES string of the molecule is C=CCOc1ccc(C[NH+](C)CC(=O)Nc2cccc(S(=O)(=O)N(C)C)c2)cc1. The second-order valence-corrected chi connectivity index (χ2v) is 9.07. The van der Waals surface area contributed by atoms with Crippen LogP contribution in [0.15, 0.2) is 66.1 Å². The average molecular weight is 419 g/mol. The van der Waals surface area contributed by atoms with Crippen LogP contribution in [-0.4, -0.2) is 52.9 Å². The Balaban J connectivity index is 1.93. The molecule has 0 saturated carbocycles. The molecule has 0 spiro atoms. The summed E-state index contributed by atoms with van der Waals surface area (Å²) in [5.74, 6) is 0.587. The normalized spacial score (nSPS) is 12.4. The van der Waals surface area contributed by atoms with Crippen LogP contribution in [0, 0.1) is 0 Å². The van der Waals surface area contributed by atoms with Gasteiger partial charge in [-0.05, 0) is 42.5 Å². The van der Waals surface area contributed by atoms with E-state index in [0.29, 0.717) is 18.8 Å². The monoisotopic (exact) mass is 418 g/mol. The van der Waals surface area contributed by atoms with E-state index in [9.17, 15) is 13.2 Å². The predicted molar refractivity (Wildman–Crippen MR) is 114 cm³/mol. The zero-order valence-electron chi connectivity index (χ0n) is 17.0. The van der Waals surface area contributed by atoms with Crippen molar-refractivity contribution in [3.63, 3.8) is 0 Å². The van der Waals surface area contributed by atoms with Gasteiger partial charge in [-0.3, -0.25) is 4.79 Å². The number of benzene rings is 2. The molecular formula is C21H28N3O4S+. The minimum atomic E-state index is -3.55. The number of quaternary nitrogens is 1. The second-order valence-electron chi connectivity index (χ2n) is 6.92. The molecule has 2 rings (SSSR count). The van der Waals surface area contributed by atoms with Crippen LogP contribution < -0.4 is 15.0 Å². The summed E-state index contributed by atoms with van der Waals surface area (Å²) in [6, 6.07) is 14.0. The Bertz CT molecular complexity index is 941. The summed E-state index contributed by atoms with van der Waals surface area (Å²) in [6.07, 6.45) is 1.69. The topological polar surface area (TPSA) is 80.1 Å². The molecule has 0 aliphatic heterocycles. The van der Waals surface area contributed by atoms with Crippen molar-refractivity contribution in [1.29, 1.82) is 0 Å². The first-order valence-electron chi connectivity index (χ1n) is 9.18. The van der Waals surface area contributed by atoms with E-state index < -0.39 is 10.0 Å². The highest BCUT2D eigenvalue weighted by molar-refractivity contribution is 7.89. The van der Waals surface area contributed by atoms with Crippen LogP contribution in [0.2, 0.25) is 0 Å². The highest BCUT2D eigenvalue weighted by atomic mass is 32.2. The molecule has 0 saturated heterocycles. The number of carbonyl (C=O) groups is 1. The van der Waals surface area contributed by atoms with Gasteiger partial charge in [-0.15, -0.1) is 0 Å². The molecular weight excluding hydrogens is 390 g/mol. The molecule has 0 heterocycles. The molecule has 2 aromatic carbocycles. The van der Waals surface area contributed by atoms with Crippen molar-refractivity contribution < 1.29 is 22.8 Å². The van der Waals surface area contributed by atoms with Gasteiger partial charge in [-0.1, -0.05) is 18.7 Å². The van der Waals surface area contributed by atoms with Gasteiger partial charge >= 0.3 is 0 Å². The maximum absolute atomic E-state index is 12.4. The van der Waals surface area contributed by atoms with Gasteiger partial charge in [0.2, 0.25) is 10.0 Å². The Morgan fingerprint density at radius 3 is 2.52 bits per heavy atom. The van der Waals surface area contributed by atoms with Gasteiger partial charge in [0.15, 0.2) is 6.54 Å². The van der Waals surface area contributed by atoms with Crippen molar-refractivity contribution in [2.75, 3.05) is 39.6 Å². The number of hydrogen-bond donors (Lipinski definition) is 2. The molecule has 0 aromatic heterocycles. The third kappa shape index (κ3) is 6.70. The van der Waals surface area contributed by atoms with Crippen LogP contribution in [0.1, 0.15) is 5.56 Å². The summed E-state index contributed by atoms with van der Waals surface area (Å²) < 4.78 is 31.1. The molecule has 8 heteroatoms. The third-order valence-corrected chi connectivity index (χ3v) is 5.97. The van der Waals surface area contributed by atoms with E-state index in [4.69, 9.17) is 4.74 Å². The van der Waals surface area contributed by atoms with E-state index in [1.54, 1.807) is 18.2 Å². The largest absolute Gasteiger partial charge is 0.490 e. The van der Waals surface area contributed by atoms with E-state index in [2.05, 4.69) is 11.9 Å². The second kappa shape index (κ2) is 10.2. The van der Waals surface area contributed by atoms with E-state index >= 15 is 0 Å². The first kappa shape index (κ1) is 22.6. The van der Waals surface area contributed by atoms with Crippen molar-refractivity contribution >= 4 is 21.6 Å². The lowest BCUT2D eigenvalue weighted by Crippen LogP contribution is -3.08. The molecule has 0 aliphatic carbocycles. The van der Waals surface area contributed by atoms with E-state index in [1.807, 2.05) is 31.3 Å². The Hall–Kier alpha value is -2.68. The quantitative estimate of drug-likeness (QED) is 0.568. The number of nitrogens with zero attached hydrogens (tertiary/aromatic N) is 1. The maximum atomic E-state index is 12.4. The molecule has 1 atom stereocenters. The van der Waals surface area contributed by atoms with Gasteiger partial charge in [0.25, 0.3) is 5.91 Å². The molecule has 29 heavy (non-hydrogen) atoms. The summed E-state index contributed by atoms with van der Waals surface area (Å²) in [4.78, 5) is 13.5. The highest BCUT2D eigenvalue weighted by Gasteiger charge is 2.18. The van der Waals surface area contributed by atoms with Gasteiger partial charge in [-0.2, -0.15) is 0 Å². The number of carbonyl (C=O) groups excluding carboxylic acids is 1. The summed E-state index contributed by atoms with van der Waals surface area (Å²) in [7, 11) is 1.32. The zero-order valence-corrected chi connectivity index (χ0v) is 17.8. The van der Waals surface area contributed by atoms with Crippen molar-refractivity contribution in [1.82, 2.24) is 4.31 Å². The number of nitrogens with one attached hydrogen (secondary N) is 2. The van der Waals surface area contributed by atoms with Crippen molar-refractivity contribution in [2.45, 2.75) is 11.4 Å². The molecule has 2 aromatic rings. The van der Waals surface area contributed by atoms with Crippen LogP contribution in [0.5, 0.6) is 5.75 Å². The Morgan fingerprint density at radius 2 is 1.90 bits per heavy atom. The first-order chi connectivity index (χ1) is 13.7. The third-order valence-electron chi connectivity index (χ3n) is 4.16. The van der Waals surface area contributed by atoms with Gasteiger partial charge < -0.3 is 15.0 Å². The fraction of sp³-hybridized carbons (Fsp3) is 0.286. The lowest BCUT2D eigenvalue weighted by Gasteiger charge is -2.15. The lowest BCUT2D eigenvalue weighted by molar-refractivity contribution is -0.885. The molecule has 2 N–H and O–H groups in total. The van der Waals surface area contributed by atoms with E-state index in [1.165, 1.54) is 26.2 Å². The number of anilines is 1. The highest BCUT2D eigenvalue weighted by Crippen LogP contribution is 2.17. The van der Waals surface area contributed by atoms with Gasteiger partial charge in [0.05, 0.1) is 11.9 Å². The summed E-state index contributed by atoms with van der Waals surface area (Å²) >= 11 is 0. The molecule has 0 bridgehead atoms. The van der Waals surface area contributed by atoms with Crippen LogP contribution in [0.3, 0.4) is 0 Å². The molecule has 0 fully saturated rings. The van der Waals surface area contributed by atoms with Gasteiger partial charge in [0, 0.05) is 25.3 Å². The number of ether oxygens (including phenoxy) is 1. The summed E-state index contributed by atoms with van der Waals surface area (Å²) in [6.45, 7) is 5.00. The van der Waals surface area contributed by atoms with Gasteiger partial charge in [0.1, 0.15) is 18.9 Å². The van der Waals surface area contributed by atoms with Gasteiger partial charge in [-0.25, -0.2) is 12.7 Å². The number of likely N-dealkylation sites (N-methyl/N-ethyl adjacent to an activating group) is 1. The fourth-order valence-corrected chi connectivity index (χ4v) is 3.64. The lowest BCUT2D eigenvalue weighted by atomic mass is 10.2. The maximum Gasteiger partial charge on any atom is 0.279 e. The smallest absolute Gasteiger partial charge is 0.279 e. The minimum Gasteiger partial charge on any atom is -0.490 e. The van der Waals surface area contributed by atoms with Crippen molar-refractivity contribution in [3.8, 4) is 5.75 Å². The molecule has 1 amide bonds.